The number of rotatable bonds is 18. The number of carbonyl (C=O) groups excluding carboxylic acids is 3. The summed E-state index contributed by atoms with van der Waals surface area (Å²) in [5.41, 5.74) is 21.9. The Balaban J connectivity index is 4.99. The van der Waals surface area contributed by atoms with E-state index in [2.05, 4.69) is 20.9 Å². The fraction of sp³-hybridized carbons (Fsp3) is 0.750. The van der Waals surface area contributed by atoms with Crippen molar-refractivity contribution < 1.29 is 24.3 Å². The molecule has 4 unspecified atom stereocenters. The number of carboxylic acids is 1. The van der Waals surface area contributed by atoms with Crippen LogP contribution in [0.3, 0.4) is 0 Å². The fourth-order valence-electron chi connectivity index (χ4n) is 2.86. The first-order valence-electron chi connectivity index (χ1n) is 11.2. The van der Waals surface area contributed by atoms with Gasteiger partial charge in [-0.05, 0) is 64.0 Å². The number of hydrogen-bond acceptors (Lipinski definition) is 8. The number of nitrogens with zero attached hydrogens (tertiary/aromatic N) is 1. The number of guanidine groups is 1. The average Bonchev–Trinajstić information content (AvgIpc) is 2.77. The molecule has 0 aromatic heterocycles. The van der Waals surface area contributed by atoms with E-state index in [9.17, 15) is 24.3 Å². The average molecular weight is 505 g/mol. The van der Waals surface area contributed by atoms with Gasteiger partial charge in [0, 0.05) is 6.54 Å². The topological polar surface area (TPSA) is 241 Å². The summed E-state index contributed by atoms with van der Waals surface area (Å²) in [4.78, 5) is 52.9. The van der Waals surface area contributed by atoms with Gasteiger partial charge in [0.1, 0.15) is 18.1 Å². The van der Waals surface area contributed by atoms with Crippen LogP contribution in [0, 0.1) is 0 Å². The van der Waals surface area contributed by atoms with E-state index in [1.165, 1.54) is 18.7 Å². The molecule has 0 rings (SSSR count). The second-order valence-electron chi connectivity index (χ2n) is 7.81. The fourth-order valence-corrected chi connectivity index (χ4v) is 3.33. The van der Waals surface area contributed by atoms with Crippen LogP contribution in [-0.2, 0) is 19.2 Å². The number of carbonyl (C=O) groups is 4. The highest BCUT2D eigenvalue weighted by Gasteiger charge is 2.28. The molecule has 12 N–H and O–H groups in total. The van der Waals surface area contributed by atoms with Gasteiger partial charge in [0.25, 0.3) is 0 Å². The summed E-state index contributed by atoms with van der Waals surface area (Å²) in [6, 6.07) is -3.86. The second-order valence-corrected chi connectivity index (χ2v) is 8.80. The third kappa shape index (κ3) is 13.9. The molecule has 0 saturated carbocycles. The van der Waals surface area contributed by atoms with E-state index in [4.69, 9.17) is 22.9 Å². The van der Waals surface area contributed by atoms with Gasteiger partial charge in [0.05, 0.1) is 6.04 Å². The first-order valence-corrected chi connectivity index (χ1v) is 12.6. The van der Waals surface area contributed by atoms with Crippen molar-refractivity contribution in [3.05, 3.63) is 0 Å². The van der Waals surface area contributed by atoms with E-state index in [0.29, 0.717) is 50.9 Å². The minimum atomic E-state index is -1.15. The Morgan fingerprint density at radius 3 is 2.12 bits per heavy atom. The summed E-state index contributed by atoms with van der Waals surface area (Å²) >= 11 is 1.46. The lowest BCUT2D eigenvalue weighted by atomic mass is 10.1. The zero-order valence-electron chi connectivity index (χ0n) is 19.9. The van der Waals surface area contributed by atoms with Gasteiger partial charge in [-0.25, -0.2) is 4.79 Å². The molecule has 0 radical (unpaired) electrons. The Morgan fingerprint density at radius 2 is 1.56 bits per heavy atom. The van der Waals surface area contributed by atoms with Crippen molar-refractivity contribution in [1.29, 1.82) is 0 Å². The van der Waals surface area contributed by atoms with Crippen molar-refractivity contribution in [3.63, 3.8) is 0 Å². The first kappa shape index (κ1) is 31.4. The zero-order chi connectivity index (χ0) is 26.1. The van der Waals surface area contributed by atoms with Crippen LogP contribution in [0.1, 0.15) is 45.4 Å². The molecule has 14 heteroatoms. The number of aliphatic imine (C=N–C) groups is 1. The largest absolute Gasteiger partial charge is 0.480 e. The van der Waals surface area contributed by atoms with Gasteiger partial charge in [-0.2, -0.15) is 11.8 Å². The summed E-state index contributed by atoms with van der Waals surface area (Å²) < 4.78 is 0. The monoisotopic (exact) mass is 504 g/mol. The lowest BCUT2D eigenvalue weighted by molar-refractivity contribution is -0.142. The molecule has 13 nitrogen and oxygen atoms in total. The number of aliphatic carboxylic acids is 1. The van der Waals surface area contributed by atoms with Crippen LogP contribution in [0.15, 0.2) is 4.99 Å². The van der Waals surface area contributed by atoms with Crippen LogP contribution < -0.4 is 38.9 Å². The Hall–Kier alpha value is -2.58. The predicted octanol–water partition coefficient (Wildman–Crippen LogP) is -2.19. The van der Waals surface area contributed by atoms with Gasteiger partial charge in [0.2, 0.25) is 17.7 Å². The number of carboxylic acid groups (broad SMARTS) is 1. The molecule has 34 heavy (non-hydrogen) atoms. The van der Waals surface area contributed by atoms with Crippen LogP contribution >= 0.6 is 11.8 Å². The van der Waals surface area contributed by atoms with Gasteiger partial charge in [-0.1, -0.05) is 0 Å². The molecule has 0 fully saturated rings. The van der Waals surface area contributed by atoms with Crippen molar-refractivity contribution in [2.45, 2.75) is 69.6 Å². The number of thioether (sulfide) groups is 1. The summed E-state index contributed by atoms with van der Waals surface area (Å²) in [7, 11) is 0. The van der Waals surface area contributed by atoms with Crippen molar-refractivity contribution >= 4 is 41.4 Å². The number of nitrogens with two attached hydrogens (primary N) is 4. The lowest BCUT2D eigenvalue weighted by Crippen LogP contribution is -2.56. The number of unbranched alkanes of at least 4 members (excludes halogenated alkanes) is 1. The Morgan fingerprint density at radius 1 is 0.912 bits per heavy atom. The van der Waals surface area contributed by atoms with Crippen LogP contribution in [0.2, 0.25) is 0 Å². The van der Waals surface area contributed by atoms with Crippen molar-refractivity contribution in [3.8, 4) is 0 Å². The van der Waals surface area contributed by atoms with Gasteiger partial charge < -0.3 is 44.0 Å². The highest BCUT2D eigenvalue weighted by atomic mass is 32.2. The van der Waals surface area contributed by atoms with Crippen LogP contribution in [0.25, 0.3) is 0 Å². The van der Waals surface area contributed by atoms with Crippen LogP contribution in [-0.4, -0.2) is 84.0 Å². The number of nitrogens with one attached hydrogen (secondary N) is 3. The summed E-state index contributed by atoms with van der Waals surface area (Å²) in [5.74, 6) is -2.37. The Labute approximate surface area is 204 Å². The Bertz CT molecular complexity index is 690. The van der Waals surface area contributed by atoms with E-state index in [1.54, 1.807) is 0 Å². The molecule has 196 valence electrons. The van der Waals surface area contributed by atoms with E-state index in [1.807, 2.05) is 6.26 Å². The molecule has 0 saturated heterocycles. The summed E-state index contributed by atoms with van der Waals surface area (Å²) in [5, 5.41) is 16.9. The molecule has 4 atom stereocenters. The molecular weight excluding hydrogens is 464 g/mol. The maximum absolute atomic E-state index is 12.8. The summed E-state index contributed by atoms with van der Waals surface area (Å²) in [6.45, 7) is 2.19. The quantitative estimate of drug-likeness (QED) is 0.0569. The molecule has 0 aromatic carbocycles. The predicted molar refractivity (Wildman–Crippen MR) is 133 cm³/mol. The molecule has 3 amide bonds. The molecule has 0 aromatic rings. The van der Waals surface area contributed by atoms with E-state index >= 15 is 0 Å². The number of hydrogen-bond donors (Lipinski definition) is 8. The molecule has 0 heterocycles. The smallest absolute Gasteiger partial charge is 0.326 e. The Kier molecular flexibility index (Phi) is 16.5. The van der Waals surface area contributed by atoms with Gasteiger partial charge in [-0.3, -0.25) is 19.4 Å². The molecule has 0 aliphatic rings. The third-order valence-electron chi connectivity index (χ3n) is 4.86. The van der Waals surface area contributed by atoms with Crippen LogP contribution in [0.4, 0.5) is 0 Å². The molecule has 0 aliphatic heterocycles. The number of amides is 3. The highest BCUT2D eigenvalue weighted by Crippen LogP contribution is 2.05. The van der Waals surface area contributed by atoms with Crippen molar-refractivity contribution in [2.24, 2.45) is 27.9 Å². The lowest BCUT2D eigenvalue weighted by Gasteiger charge is -2.23. The van der Waals surface area contributed by atoms with Gasteiger partial charge in [-0.15, -0.1) is 0 Å². The summed E-state index contributed by atoms with van der Waals surface area (Å²) in [6.07, 6.45) is 4.40. The minimum absolute atomic E-state index is 0.0493. The molecule has 0 aliphatic carbocycles. The maximum Gasteiger partial charge on any atom is 0.326 e. The molecule has 0 bridgehead atoms. The highest BCUT2D eigenvalue weighted by molar-refractivity contribution is 7.98. The van der Waals surface area contributed by atoms with Crippen molar-refractivity contribution in [1.82, 2.24) is 16.0 Å². The first-order chi connectivity index (χ1) is 16.0. The van der Waals surface area contributed by atoms with Crippen LogP contribution in [0.5, 0.6) is 0 Å². The zero-order valence-corrected chi connectivity index (χ0v) is 20.7. The van der Waals surface area contributed by atoms with E-state index in [-0.39, 0.29) is 12.4 Å². The SMILES string of the molecule is CSCCC(NC(=O)C(C)NC(=O)C(CCCCN)NC(=O)C(N)CCCN=C(N)N)C(=O)O. The van der Waals surface area contributed by atoms with Crippen molar-refractivity contribution in [2.75, 3.05) is 25.1 Å². The normalized spacial score (nSPS) is 14.2. The van der Waals surface area contributed by atoms with E-state index < -0.39 is 47.9 Å². The van der Waals surface area contributed by atoms with E-state index in [0.717, 1.165) is 0 Å². The molecular formula is C20H40N8O5S. The minimum Gasteiger partial charge on any atom is -0.480 e. The molecule has 0 spiro atoms. The van der Waals surface area contributed by atoms with Gasteiger partial charge >= 0.3 is 5.97 Å². The standard InChI is InChI=1S/C20H40N8O5S/c1-12(16(29)28-15(19(32)33)8-11-34-2)26-18(31)14(7-3-4-9-21)27-17(30)13(22)6-5-10-25-20(23)24/h12-15H,3-11,21-22H2,1-2H3,(H,26,31)(H,27,30)(H,28,29)(H,32,33)(H4,23,24,25). The van der Waals surface area contributed by atoms with Gasteiger partial charge in [0.15, 0.2) is 5.96 Å². The maximum atomic E-state index is 12.8. The third-order valence-corrected chi connectivity index (χ3v) is 5.51. The second kappa shape index (κ2) is 17.8.